The number of thiazole rings is 1. The number of nitrogens with zero attached hydrogens (tertiary/aromatic N) is 4. The Morgan fingerprint density at radius 3 is 2.59 bits per heavy atom. The van der Waals surface area contributed by atoms with E-state index in [0.717, 1.165) is 11.1 Å². The number of aromatic nitrogens is 2. The van der Waals surface area contributed by atoms with Crippen LogP contribution in [-0.2, 0) is 16.1 Å². The maximum atomic E-state index is 13.3. The summed E-state index contributed by atoms with van der Waals surface area (Å²) in [5.41, 5.74) is 9.81. The van der Waals surface area contributed by atoms with Gasteiger partial charge in [-0.3, -0.25) is 19.5 Å². The SMILES string of the molecule is C=C(N[C@@H]1C(=O)N2C(C(C)=O)=C(C[n+]3ccccc3)CSC12)/C(=N\CC(C)(C)C(=C)C)c1csc(N)n1. The van der Waals surface area contributed by atoms with Crippen molar-refractivity contribution in [1.29, 1.82) is 0 Å². The molecular formula is C27H33N6O2S2+. The number of Topliss-reactive ketones (excluding diaryl/α,β-unsaturated/α-hetero) is 1. The summed E-state index contributed by atoms with van der Waals surface area (Å²) < 4.78 is 2.01. The lowest BCUT2D eigenvalue weighted by Gasteiger charge is -2.50. The van der Waals surface area contributed by atoms with Gasteiger partial charge in [0.25, 0.3) is 5.91 Å². The van der Waals surface area contributed by atoms with E-state index in [-0.39, 0.29) is 22.5 Å². The van der Waals surface area contributed by atoms with E-state index in [2.05, 4.69) is 37.3 Å². The van der Waals surface area contributed by atoms with E-state index in [1.54, 1.807) is 16.7 Å². The second-order valence-corrected chi connectivity index (χ2v) is 12.0. The first kappa shape index (κ1) is 26.8. The van der Waals surface area contributed by atoms with E-state index in [4.69, 9.17) is 10.7 Å². The number of amides is 1. The summed E-state index contributed by atoms with van der Waals surface area (Å²) in [7, 11) is 0. The number of hydrogen-bond donors (Lipinski definition) is 2. The normalized spacial score (nSPS) is 19.8. The number of anilines is 1. The van der Waals surface area contributed by atoms with Crippen molar-refractivity contribution in [1.82, 2.24) is 15.2 Å². The molecule has 2 aliphatic heterocycles. The molecule has 2 aromatic heterocycles. The summed E-state index contributed by atoms with van der Waals surface area (Å²) in [6, 6.07) is 5.31. The fourth-order valence-corrected chi connectivity index (χ4v) is 6.01. The number of nitrogens with one attached hydrogen (secondary N) is 1. The van der Waals surface area contributed by atoms with Crippen molar-refractivity contribution < 1.29 is 14.2 Å². The van der Waals surface area contributed by atoms with Crippen molar-refractivity contribution in [2.75, 3.05) is 18.0 Å². The Kier molecular flexibility index (Phi) is 7.70. The van der Waals surface area contributed by atoms with E-state index in [9.17, 15) is 9.59 Å². The van der Waals surface area contributed by atoms with Gasteiger partial charge in [-0.15, -0.1) is 23.1 Å². The minimum absolute atomic E-state index is 0.107. The van der Waals surface area contributed by atoms with Gasteiger partial charge in [-0.25, -0.2) is 9.55 Å². The van der Waals surface area contributed by atoms with E-state index >= 15 is 0 Å². The standard InChI is InChI=1S/C27H33N6O2S2/c1-16(2)27(5,6)15-29-21(20-14-37-26(28)31-20)17(3)30-22-24(35)33-23(18(4)34)19(13-36-25(22)33)12-32-10-8-7-9-11-32/h7-11,14,22,25,30H,1,3,12-13,15H2,2,4-6H3,(H2,28,31)/q+1/b29-21+/t22-,25?/m1/s1. The molecule has 8 nitrogen and oxygen atoms in total. The van der Waals surface area contributed by atoms with E-state index < -0.39 is 6.04 Å². The molecule has 1 unspecified atom stereocenters. The number of ketones is 1. The number of rotatable bonds is 10. The van der Waals surface area contributed by atoms with Gasteiger partial charge in [0.15, 0.2) is 29.9 Å². The molecule has 4 rings (SSSR count). The van der Waals surface area contributed by atoms with Crippen LogP contribution in [0.2, 0.25) is 0 Å². The monoisotopic (exact) mass is 537 g/mol. The number of nitrogen functional groups attached to an aromatic ring is 1. The van der Waals surface area contributed by atoms with Gasteiger partial charge in [0.1, 0.15) is 22.8 Å². The second-order valence-electron chi connectivity index (χ2n) is 9.97. The van der Waals surface area contributed by atoms with Gasteiger partial charge < -0.3 is 11.1 Å². The lowest BCUT2D eigenvalue weighted by molar-refractivity contribution is -0.689. The Balaban J connectivity index is 1.55. The third-order valence-corrected chi connectivity index (χ3v) is 8.71. The van der Waals surface area contributed by atoms with Crippen molar-refractivity contribution in [3.63, 3.8) is 0 Å². The highest BCUT2D eigenvalue weighted by atomic mass is 32.2. The predicted molar refractivity (Wildman–Crippen MR) is 150 cm³/mol. The van der Waals surface area contributed by atoms with Crippen molar-refractivity contribution in [3.8, 4) is 0 Å². The minimum atomic E-state index is -0.520. The maximum Gasteiger partial charge on any atom is 0.253 e. The predicted octanol–water partition coefficient (Wildman–Crippen LogP) is 3.33. The number of nitrogens with two attached hydrogens (primary N) is 1. The molecule has 0 aromatic carbocycles. The van der Waals surface area contributed by atoms with Crippen LogP contribution >= 0.6 is 23.1 Å². The summed E-state index contributed by atoms with van der Waals surface area (Å²) in [6.07, 6.45) is 3.91. The largest absolute Gasteiger partial charge is 0.375 e. The van der Waals surface area contributed by atoms with E-state index in [0.29, 0.717) is 46.8 Å². The Labute approximate surface area is 226 Å². The van der Waals surface area contributed by atoms with Crippen LogP contribution < -0.4 is 15.6 Å². The molecule has 2 aliphatic rings. The first-order valence-electron chi connectivity index (χ1n) is 12.0. The van der Waals surface area contributed by atoms with Crippen LogP contribution in [0.15, 0.2) is 76.7 Å². The van der Waals surface area contributed by atoms with Crippen molar-refractivity contribution >= 4 is 45.6 Å². The third kappa shape index (κ3) is 5.55. The van der Waals surface area contributed by atoms with Crippen LogP contribution in [0.4, 0.5) is 5.13 Å². The molecule has 3 N–H and O–H groups in total. The second kappa shape index (κ2) is 10.6. The number of pyridine rings is 1. The van der Waals surface area contributed by atoms with Crippen molar-refractivity contribution in [2.45, 2.75) is 45.7 Å². The lowest BCUT2D eigenvalue weighted by atomic mass is 9.86. The number of hydrogen-bond acceptors (Lipinski definition) is 8. The Morgan fingerprint density at radius 2 is 2.00 bits per heavy atom. The molecule has 10 heteroatoms. The lowest BCUT2D eigenvalue weighted by Crippen LogP contribution is -2.70. The topological polar surface area (TPSA) is 105 Å². The van der Waals surface area contributed by atoms with Crippen LogP contribution in [-0.4, -0.2) is 51.0 Å². The molecule has 37 heavy (non-hydrogen) atoms. The van der Waals surface area contributed by atoms with Crippen LogP contribution in [0.25, 0.3) is 0 Å². The molecule has 0 radical (unpaired) electrons. The van der Waals surface area contributed by atoms with Crippen molar-refractivity contribution in [3.05, 3.63) is 77.4 Å². The number of β-lactam (4-membered cyclic amide) rings is 1. The highest BCUT2D eigenvalue weighted by Crippen LogP contribution is 2.41. The number of carbonyl (C=O) groups is 2. The number of thioether (sulfide) groups is 1. The van der Waals surface area contributed by atoms with Gasteiger partial charge in [0, 0.05) is 47.7 Å². The molecule has 0 bridgehead atoms. The van der Waals surface area contributed by atoms with Gasteiger partial charge in [-0.1, -0.05) is 38.6 Å². The van der Waals surface area contributed by atoms with Crippen LogP contribution in [0.1, 0.15) is 33.4 Å². The van der Waals surface area contributed by atoms with Gasteiger partial charge in [0.05, 0.1) is 11.4 Å². The number of aliphatic imine (C=N–C) groups is 1. The molecule has 4 heterocycles. The molecule has 1 saturated heterocycles. The first-order valence-corrected chi connectivity index (χ1v) is 13.9. The quantitative estimate of drug-likeness (QED) is 0.209. The number of allylic oxidation sites excluding steroid dienone is 2. The van der Waals surface area contributed by atoms with E-state index in [1.165, 1.54) is 18.3 Å². The molecular weight excluding hydrogens is 504 g/mol. The molecule has 194 valence electrons. The molecule has 2 aromatic rings. The number of fused-ring (bicyclic) bond motifs is 1. The summed E-state index contributed by atoms with van der Waals surface area (Å²) in [5, 5.41) is 5.35. The van der Waals surface area contributed by atoms with Crippen molar-refractivity contribution in [2.24, 2.45) is 10.4 Å². The van der Waals surface area contributed by atoms with Crippen LogP contribution in [0, 0.1) is 5.41 Å². The van der Waals surface area contributed by atoms with Gasteiger partial charge in [-0.2, -0.15) is 0 Å². The number of carbonyl (C=O) groups excluding carboxylic acids is 2. The molecule has 0 spiro atoms. The zero-order chi connectivity index (χ0) is 26.9. The van der Waals surface area contributed by atoms with E-state index in [1.807, 2.05) is 47.5 Å². The Bertz CT molecular complexity index is 1310. The smallest absolute Gasteiger partial charge is 0.253 e. The maximum absolute atomic E-state index is 13.3. The molecule has 1 amide bonds. The fourth-order valence-electron chi connectivity index (χ4n) is 4.12. The highest BCUT2D eigenvalue weighted by molar-refractivity contribution is 8.00. The highest BCUT2D eigenvalue weighted by Gasteiger charge is 2.53. The zero-order valence-electron chi connectivity index (χ0n) is 21.7. The molecule has 0 saturated carbocycles. The van der Waals surface area contributed by atoms with Gasteiger partial charge in [0.2, 0.25) is 0 Å². The summed E-state index contributed by atoms with van der Waals surface area (Å²) >= 11 is 2.97. The Morgan fingerprint density at radius 1 is 1.30 bits per heavy atom. The average Bonchev–Trinajstić information content (AvgIpc) is 3.28. The first-order chi connectivity index (χ1) is 17.5. The molecule has 2 atom stereocenters. The van der Waals surface area contributed by atoms with Gasteiger partial charge >= 0.3 is 0 Å². The average molecular weight is 538 g/mol. The Hall–Kier alpha value is -3.24. The van der Waals surface area contributed by atoms with Gasteiger partial charge in [-0.05, 0) is 6.92 Å². The third-order valence-electron chi connectivity index (χ3n) is 6.70. The zero-order valence-corrected chi connectivity index (χ0v) is 23.3. The summed E-state index contributed by atoms with van der Waals surface area (Å²) in [4.78, 5) is 36.8. The van der Waals surface area contributed by atoms with Crippen LogP contribution in [0.3, 0.4) is 0 Å². The fraction of sp³-hybridized carbons (Fsp3) is 0.370. The minimum Gasteiger partial charge on any atom is -0.375 e. The molecule has 0 aliphatic carbocycles. The van der Waals surface area contributed by atoms with Crippen LogP contribution in [0.5, 0.6) is 0 Å². The summed E-state index contributed by atoms with van der Waals surface area (Å²) in [6.45, 7) is 17.0. The molecule has 1 fully saturated rings. The summed E-state index contributed by atoms with van der Waals surface area (Å²) in [5.74, 6) is 0.398.